The van der Waals surface area contributed by atoms with Gasteiger partial charge in [0.15, 0.2) is 0 Å². The number of hydrogen-bond acceptors (Lipinski definition) is 4. The highest BCUT2D eigenvalue weighted by atomic mass is 32.2. The fraction of sp³-hybridized carbons (Fsp3) is 0.417. The first-order chi connectivity index (χ1) is 8.76. The summed E-state index contributed by atoms with van der Waals surface area (Å²) in [6.45, 7) is 0.0668. The van der Waals surface area contributed by atoms with Crippen LogP contribution in [0.2, 0.25) is 0 Å². The van der Waals surface area contributed by atoms with E-state index in [9.17, 15) is 17.6 Å². The minimum absolute atomic E-state index is 0.0668. The third-order valence-corrected chi connectivity index (χ3v) is 3.56. The monoisotopic (exact) mass is 288 g/mol. The molecule has 1 N–H and O–H groups in total. The van der Waals surface area contributed by atoms with Crippen LogP contribution >= 0.6 is 0 Å². The minimum Gasteiger partial charge on any atom is -0.385 e. The van der Waals surface area contributed by atoms with E-state index in [4.69, 9.17) is 0 Å². The van der Waals surface area contributed by atoms with Crippen LogP contribution in [0.3, 0.4) is 0 Å². The minimum atomic E-state index is -3.14. The van der Waals surface area contributed by atoms with Crippen molar-refractivity contribution in [1.82, 2.24) is 4.90 Å². The van der Waals surface area contributed by atoms with E-state index in [0.29, 0.717) is 0 Å². The van der Waals surface area contributed by atoms with Gasteiger partial charge in [0.1, 0.15) is 15.7 Å². The van der Waals surface area contributed by atoms with E-state index < -0.39 is 21.6 Å². The highest BCUT2D eigenvalue weighted by Gasteiger charge is 2.18. The third kappa shape index (κ3) is 4.20. The lowest BCUT2D eigenvalue weighted by Crippen LogP contribution is -2.32. The van der Waals surface area contributed by atoms with E-state index in [-0.39, 0.29) is 23.5 Å². The van der Waals surface area contributed by atoms with E-state index in [1.165, 1.54) is 37.2 Å². The Morgan fingerprint density at radius 2 is 2.05 bits per heavy atom. The molecule has 1 rings (SSSR count). The number of carbonyl (C=O) groups excluding carboxylic acids is 1. The molecule has 0 saturated heterocycles. The topological polar surface area (TPSA) is 66.5 Å². The fourth-order valence-corrected chi connectivity index (χ4v) is 2.17. The number of sulfone groups is 1. The quantitative estimate of drug-likeness (QED) is 0.877. The van der Waals surface area contributed by atoms with Gasteiger partial charge < -0.3 is 10.2 Å². The molecule has 0 saturated carbocycles. The van der Waals surface area contributed by atoms with Crippen LogP contribution in [0.5, 0.6) is 0 Å². The predicted molar refractivity (Wildman–Crippen MR) is 72.6 cm³/mol. The summed E-state index contributed by atoms with van der Waals surface area (Å²) in [7, 11) is -0.139. The van der Waals surface area contributed by atoms with Gasteiger partial charge in [-0.2, -0.15) is 0 Å². The van der Waals surface area contributed by atoms with Crippen molar-refractivity contribution in [2.45, 2.75) is 0 Å². The van der Waals surface area contributed by atoms with Crippen LogP contribution in [-0.4, -0.2) is 51.9 Å². The number of hydrogen-bond donors (Lipinski definition) is 1. The Morgan fingerprint density at radius 3 is 2.58 bits per heavy atom. The molecule has 0 radical (unpaired) electrons. The number of para-hydroxylation sites is 1. The number of anilines is 1. The Balaban J connectivity index is 2.91. The van der Waals surface area contributed by atoms with Gasteiger partial charge in [-0.3, -0.25) is 4.79 Å². The summed E-state index contributed by atoms with van der Waals surface area (Å²) in [6, 6.07) is 4.18. The first-order valence-electron chi connectivity index (χ1n) is 5.65. The molecule has 0 aliphatic rings. The van der Waals surface area contributed by atoms with Crippen molar-refractivity contribution >= 4 is 21.4 Å². The normalized spacial score (nSPS) is 11.2. The van der Waals surface area contributed by atoms with Crippen molar-refractivity contribution in [2.24, 2.45) is 0 Å². The lowest BCUT2D eigenvalue weighted by atomic mass is 10.1. The third-order valence-electron chi connectivity index (χ3n) is 2.64. The summed E-state index contributed by atoms with van der Waals surface area (Å²) < 4.78 is 35.6. The largest absolute Gasteiger partial charge is 0.385 e. The molecule has 0 aliphatic heterocycles. The summed E-state index contributed by atoms with van der Waals surface area (Å²) in [6.07, 6.45) is 1.10. The number of carbonyl (C=O) groups is 1. The second kappa shape index (κ2) is 6.01. The second-order valence-corrected chi connectivity index (χ2v) is 6.53. The fourth-order valence-electron chi connectivity index (χ4n) is 1.57. The van der Waals surface area contributed by atoms with Gasteiger partial charge in [-0.1, -0.05) is 6.07 Å². The van der Waals surface area contributed by atoms with Crippen LogP contribution in [0.4, 0.5) is 10.1 Å². The second-order valence-electron chi connectivity index (χ2n) is 4.27. The molecule has 19 heavy (non-hydrogen) atoms. The van der Waals surface area contributed by atoms with Crippen LogP contribution in [-0.2, 0) is 9.84 Å². The summed E-state index contributed by atoms with van der Waals surface area (Å²) in [5, 5.41) is 2.63. The molecule has 0 heterocycles. The number of benzene rings is 1. The van der Waals surface area contributed by atoms with Crippen molar-refractivity contribution in [3.05, 3.63) is 29.6 Å². The Morgan fingerprint density at radius 1 is 1.42 bits per heavy atom. The Bertz CT molecular complexity index is 572. The van der Waals surface area contributed by atoms with Crippen LogP contribution in [0.25, 0.3) is 0 Å². The van der Waals surface area contributed by atoms with Crippen molar-refractivity contribution in [2.75, 3.05) is 38.0 Å². The highest BCUT2D eigenvalue weighted by Crippen LogP contribution is 2.20. The zero-order chi connectivity index (χ0) is 14.6. The molecule has 106 valence electrons. The van der Waals surface area contributed by atoms with E-state index >= 15 is 0 Å². The Labute approximate surface area is 112 Å². The SMILES string of the molecule is CNc1c(F)cccc1C(=O)N(C)CCS(C)(=O)=O. The maximum Gasteiger partial charge on any atom is 0.255 e. The average Bonchev–Trinajstić information content (AvgIpc) is 2.33. The van der Waals surface area contributed by atoms with Gasteiger partial charge >= 0.3 is 0 Å². The van der Waals surface area contributed by atoms with Crippen molar-refractivity contribution in [3.8, 4) is 0 Å². The predicted octanol–water partition coefficient (Wildman–Crippen LogP) is 0.984. The Hall–Kier alpha value is -1.63. The van der Waals surface area contributed by atoms with Gasteiger partial charge in [0.25, 0.3) is 5.91 Å². The van der Waals surface area contributed by atoms with Crippen LogP contribution in [0.1, 0.15) is 10.4 Å². The molecule has 0 atom stereocenters. The molecule has 0 fully saturated rings. The summed E-state index contributed by atoms with van der Waals surface area (Å²) in [5.41, 5.74) is 0.289. The van der Waals surface area contributed by atoms with Crippen LogP contribution < -0.4 is 5.32 Å². The van der Waals surface area contributed by atoms with Gasteiger partial charge in [0.05, 0.1) is 17.0 Å². The number of halogens is 1. The van der Waals surface area contributed by atoms with Gasteiger partial charge in [0.2, 0.25) is 0 Å². The molecule has 1 amide bonds. The van der Waals surface area contributed by atoms with E-state index in [2.05, 4.69) is 5.32 Å². The van der Waals surface area contributed by atoms with Crippen molar-refractivity contribution < 1.29 is 17.6 Å². The maximum absolute atomic E-state index is 13.5. The molecule has 0 spiro atoms. The lowest BCUT2D eigenvalue weighted by Gasteiger charge is -2.18. The Kier molecular flexibility index (Phi) is 4.88. The van der Waals surface area contributed by atoms with Crippen molar-refractivity contribution in [3.63, 3.8) is 0 Å². The van der Waals surface area contributed by atoms with Gasteiger partial charge in [-0.15, -0.1) is 0 Å². The highest BCUT2D eigenvalue weighted by molar-refractivity contribution is 7.90. The number of rotatable bonds is 5. The van der Waals surface area contributed by atoms with Gasteiger partial charge in [-0.25, -0.2) is 12.8 Å². The smallest absolute Gasteiger partial charge is 0.255 e. The van der Waals surface area contributed by atoms with E-state index in [1.807, 2.05) is 0 Å². The molecule has 0 aromatic heterocycles. The zero-order valence-electron chi connectivity index (χ0n) is 11.1. The molecule has 0 aliphatic carbocycles. The van der Waals surface area contributed by atoms with E-state index in [1.54, 1.807) is 0 Å². The maximum atomic E-state index is 13.5. The summed E-state index contributed by atoms with van der Waals surface area (Å²) in [4.78, 5) is 13.4. The zero-order valence-corrected chi connectivity index (χ0v) is 11.9. The first kappa shape index (κ1) is 15.4. The molecule has 1 aromatic rings. The first-order valence-corrected chi connectivity index (χ1v) is 7.71. The van der Waals surface area contributed by atoms with E-state index in [0.717, 1.165) is 6.26 Å². The standard InChI is InChI=1S/C12H17FN2O3S/c1-14-11-9(5-4-6-10(11)13)12(16)15(2)7-8-19(3,17)18/h4-6,14H,7-8H2,1-3H3. The molecule has 7 heteroatoms. The summed E-state index contributed by atoms with van der Waals surface area (Å²) in [5.74, 6) is -1.07. The number of nitrogens with zero attached hydrogens (tertiary/aromatic N) is 1. The van der Waals surface area contributed by atoms with Gasteiger partial charge in [-0.05, 0) is 12.1 Å². The molecule has 0 unspecified atom stereocenters. The molecule has 1 aromatic carbocycles. The van der Waals surface area contributed by atoms with Crippen LogP contribution in [0, 0.1) is 5.82 Å². The lowest BCUT2D eigenvalue weighted by molar-refractivity contribution is 0.0804. The molecular weight excluding hydrogens is 271 g/mol. The summed E-state index contributed by atoms with van der Waals surface area (Å²) >= 11 is 0. The van der Waals surface area contributed by atoms with Crippen LogP contribution in [0.15, 0.2) is 18.2 Å². The van der Waals surface area contributed by atoms with Gasteiger partial charge in [0, 0.05) is 26.9 Å². The average molecular weight is 288 g/mol. The number of nitrogens with one attached hydrogen (secondary N) is 1. The van der Waals surface area contributed by atoms with Crippen molar-refractivity contribution in [1.29, 1.82) is 0 Å². The molecular formula is C12H17FN2O3S. The molecule has 5 nitrogen and oxygen atoms in total. The number of amides is 1. The molecule has 0 bridgehead atoms.